The molecule has 2 aliphatic heterocycles. The summed E-state index contributed by atoms with van der Waals surface area (Å²) in [5, 5.41) is 0.729. The summed E-state index contributed by atoms with van der Waals surface area (Å²) < 4.78 is 6.13. The first-order valence-corrected chi connectivity index (χ1v) is 11.7. The first-order valence-electron chi connectivity index (χ1n) is 11.3. The highest BCUT2D eigenvalue weighted by Crippen LogP contribution is 2.26. The van der Waals surface area contributed by atoms with Crippen molar-refractivity contribution in [3.05, 3.63) is 93.4 Å². The quantitative estimate of drug-likeness (QED) is 0.399. The summed E-state index contributed by atoms with van der Waals surface area (Å²) in [5.74, 6) is 2.03. The molecule has 1 aromatic heterocycles. The van der Waals surface area contributed by atoms with Crippen LogP contribution >= 0.6 is 24.0 Å². The molecule has 33 heavy (non-hydrogen) atoms. The molecule has 1 saturated heterocycles. The molecular formula is C27H28Cl2N2O2. The fraction of sp³-hybridized carbons (Fsp3) is 0.296. The van der Waals surface area contributed by atoms with Gasteiger partial charge in [-0.3, -0.25) is 9.69 Å². The molecule has 0 atom stereocenters. The van der Waals surface area contributed by atoms with Gasteiger partial charge in [-0.1, -0.05) is 48.0 Å². The zero-order valence-electron chi connectivity index (χ0n) is 18.5. The SMILES string of the molecule is Cl.O=C(c1ccc(/C=C\c2ccc(Cl)cc2)cc1)N1CCc2cc(CN3CCCC3)oc2C1. The van der Waals surface area contributed by atoms with E-state index in [4.69, 9.17) is 16.0 Å². The highest BCUT2D eigenvalue weighted by molar-refractivity contribution is 6.30. The number of fused-ring (bicyclic) bond motifs is 1. The van der Waals surface area contributed by atoms with E-state index in [9.17, 15) is 4.79 Å². The van der Waals surface area contributed by atoms with Crippen LogP contribution in [0.4, 0.5) is 0 Å². The Morgan fingerprint density at radius 2 is 1.58 bits per heavy atom. The Balaban J connectivity index is 0.00000259. The van der Waals surface area contributed by atoms with Crippen molar-refractivity contribution in [2.45, 2.75) is 32.4 Å². The summed E-state index contributed by atoms with van der Waals surface area (Å²) in [5.41, 5.74) is 4.10. The number of hydrogen-bond donors (Lipinski definition) is 0. The predicted octanol–water partition coefficient (Wildman–Crippen LogP) is 6.32. The second-order valence-corrected chi connectivity index (χ2v) is 9.06. The second-order valence-electron chi connectivity index (χ2n) is 8.63. The first-order chi connectivity index (χ1) is 15.6. The average Bonchev–Trinajstić information content (AvgIpc) is 3.47. The van der Waals surface area contributed by atoms with Crippen LogP contribution in [-0.4, -0.2) is 35.3 Å². The number of hydrogen-bond acceptors (Lipinski definition) is 3. The van der Waals surface area contributed by atoms with Crippen molar-refractivity contribution in [2.75, 3.05) is 19.6 Å². The molecule has 2 aromatic carbocycles. The molecule has 0 unspecified atom stereocenters. The van der Waals surface area contributed by atoms with E-state index in [-0.39, 0.29) is 18.3 Å². The van der Waals surface area contributed by atoms with Gasteiger partial charge in [0.1, 0.15) is 11.5 Å². The summed E-state index contributed by atoms with van der Waals surface area (Å²) in [4.78, 5) is 17.4. The van der Waals surface area contributed by atoms with Crippen LogP contribution in [-0.2, 0) is 19.5 Å². The van der Waals surface area contributed by atoms with Crippen LogP contribution in [0.5, 0.6) is 0 Å². The molecule has 6 heteroatoms. The van der Waals surface area contributed by atoms with Crippen LogP contribution in [0.25, 0.3) is 12.2 Å². The molecule has 1 amide bonds. The van der Waals surface area contributed by atoms with E-state index in [1.807, 2.05) is 65.6 Å². The molecule has 1 fully saturated rings. The number of rotatable bonds is 5. The predicted molar refractivity (Wildman–Crippen MR) is 136 cm³/mol. The monoisotopic (exact) mass is 482 g/mol. The second kappa shape index (κ2) is 10.6. The van der Waals surface area contributed by atoms with Crippen LogP contribution in [0.1, 0.15) is 51.4 Å². The Morgan fingerprint density at radius 1 is 0.939 bits per heavy atom. The van der Waals surface area contributed by atoms with Crippen molar-refractivity contribution >= 4 is 42.1 Å². The van der Waals surface area contributed by atoms with Crippen molar-refractivity contribution in [3.63, 3.8) is 0 Å². The number of carbonyl (C=O) groups excluding carboxylic acids is 1. The molecule has 0 N–H and O–H groups in total. The fourth-order valence-corrected chi connectivity index (χ4v) is 4.61. The van der Waals surface area contributed by atoms with Gasteiger partial charge in [0.05, 0.1) is 13.1 Å². The minimum atomic E-state index is 0. The summed E-state index contributed by atoms with van der Waals surface area (Å²) in [7, 11) is 0. The third-order valence-electron chi connectivity index (χ3n) is 6.29. The van der Waals surface area contributed by atoms with Crippen molar-refractivity contribution < 1.29 is 9.21 Å². The standard InChI is InChI=1S/C27H27ClN2O2.ClH/c28-24-11-7-21(8-12-24)4-3-20-5-9-22(10-6-20)27(31)30-16-13-23-17-25(32-26(23)19-30)18-29-14-1-2-15-29;/h3-12,17H,1-2,13-16,18-19H2;1H/b4-3-;. The van der Waals surface area contributed by atoms with Gasteiger partial charge in [-0.15, -0.1) is 12.4 Å². The number of amides is 1. The molecular weight excluding hydrogens is 455 g/mol. The lowest BCUT2D eigenvalue weighted by Crippen LogP contribution is -2.35. The molecule has 0 saturated carbocycles. The third kappa shape index (κ3) is 5.70. The molecule has 172 valence electrons. The van der Waals surface area contributed by atoms with Crippen LogP contribution in [0.15, 0.2) is 59.0 Å². The molecule has 5 rings (SSSR count). The van der Waals surface area contributed by atoms with E-state index >= 15 is 0 Å². The molecule has 2 aliphatic rings. The summed E-state index contributed by atoms with van der Waals surface area (Å²) >= 11 is 5.94. The van der Waals surface area contributed by atoms with Crippen molar-refractivity contribution in [2.24, 2.45) is 0 Å². The van der Waals surface area contributed by atoms with Gasteiger partial charge in [0.15, 0.2) is 0 Å². The van der Waals surface area contributed by atoms with E-state index < -0.39 is 0 Å². The van der Waals surface area contributed by atoms with Gasteiger partial charge >= 0.3 is 0 Å². The molecule has 0 radical (unpaired) electrons. The van der Waals surface area contributed by atoms with Crippen LogP contribution < -0.4 is 0 Å². The lowest BCUT2D eigenvalue weighted by atomic mass is 10.1. The lowest BCUT2D eigenvalue weighted by Gasteiger charge is -2.26. The number of likely N-dealkylation sites (tertiary alicyclic amines) is 1. The van der Waals surface area contributed by atoms with Gasteiger partial charge in [-0.05, 0) is 79.4 Å². The number of carbonyl (C=O) groups is 1. The number of halogens is 2. The average molecular weight is 483 g/mol. The summed E-state index contributed by atoms with van der Waals surface area (Å²) in [6.45, 7) is 4.47. The molecule has 0 spiro atoms. The van der Waals surface area contributed by atoms with E-state index in [1.54, 1.807) is 0 Å². The molecule has 0 bridgehead atoms. The normalized spacial score (nSPS) is 16.1. The maximum absolute atomic E-state index is 13.1. The Morgan fingerprint density at radius 3 is 2.24 bits per heavy atom. The van der Waals surface area contributed by atoms with Gasteiger partial charge < -0.3 is 9.32 Å². The Labute approximate surface area is 206 Å². The van der Waals surface area contributed by atoms with Gasteiger partial charge in [-0.25, -0.2) is 0 Å². The smallest absolute Gasteiger partial charge is 0.254 e. The molecule has 4 nitrogen and oxygen atoms in total. The molecule has 0 aliphatic carbocycles. The Hall–Kier alpha value is -2.53. The topological polar surface area (TPSA) is 36.7 Å². The van der Waals surface area contributed by atoms with Gasteiger partial charge in [0.2, 0.25) is 0 Å². The zero-order valence-corrected chi connectivity index (χ0v) is 20.1. The Kier molecular flexibility index (Phi) is 7.59. The lowest BCUT2D eigenvalue weighted by molar-refractivity contribution is 0.0718. The van der Waals surface area contributed by atoms with E-state index in [0.717, 1.165) is 60.3 Å². The van der Waals surface area contributed by atoms with E-state index in [2.05, 4.69) is 11.0 Å². The number of benzene rings is 2. The van der Waals surface area contributed by atoms with Gasteiger partial charge in [0.25, 0.3) is 5.91 Å². The minimum Gasteiger partial charge on any atom is -0.463 e. The minimum absolute atomic E-state index is 0. The largest absolute Gasteiger partial charge is 0.463 e. The first kappa shape index (κ1) is 23.6. The maximum Gasteiger partial charge on any atom is 0.254 e. The molecule has 3 aromatic rings. The fourth-order valence-electron chi connectivity index (χ4n) is 4.48. The third-order valence-corrected chi connectivity index (χ3v) is 6.55. The maximum atomic E-state index is 13.1. The van der Waals surface area contributed by atoms with Crippen molar-refractivity contribution in [1.29, 1.82) is 0 Å². The van der Waals surface area contributed by atoms with Gasteiger partial charge in [0, 0.05) is 17.1 Å². The number of nitrogens with zero attached hydrogens (tertiary/aromatic N) is 2. The van der Waals surface area contributed by atoms with E-state index in [1.165, 1.54) is 18.4 Å². The van der Waals surface area contributed by atoms with Crippen molar-refractivity contribution in [3.8, 4) is 0 Å². The highest BCUT2D eigenvalue weighted by atomic mass is 35.5. The number of furan rings is 1. The van der Waals surface area contributed by atoms with Crippen molar-refractivity contribution in [1.82, 2.24) is 9.80 Å². The highest BCUT2D eigenvalue weighted by Gasteiger charge is 2.25. The zero-order chi connectivity index (χ0) is 21.9. The van der Waals surface area contributed by atoms with Crippen LogP contribution in [0, 0.1) is 0 Å². The van der Waals surface area contributed by atoms with Gasteiger partial charge in [-0.2, -0.15) is 0 Å². The summed E-state index contributed by atoms with van der Waals surface area (Å²) in [6.07, 6.45) is 7.48. The van der Waals surface area contributed by atoms with E-state index in [0.29, 0.717) is 12.1 Å². The van der Waals surface area contributed by atoms with Crippen LogP contribution in [0.3, 0.4) is 0 Å². The molecule has 3 heterocycles. The Bertz CT molecular complexity index is 1110. The summed E-state index contributed by atoms with van der Waals surface area (Å²) in [6, 6.07) is 17.7. The van der Waals surface area contributed by atoms with Crippen LogP contribution in [0.2, 0.25) is 5.02 Å².